The van der Waals surface area contributed by atoms with E-state index in [0.717, 1.165) is 5.56 Å². The van der Waals surface area contributed by atoms with Gasteiger partial charge in [0.25, 0.3) is 0 Å². The van der Waals surface area contributed by atoms with E-state index in [2.05, 4.69) is 4.98 Å². The number of aliphatic hydroxyl groups is 2. The van der Waals surface area contributed by atoms with E-state index in [1.807, 2.05) is 12.1 Å². The van der Waals surface area contributed by atoms with E-state index in [1.54, 1.807) is 18.2 Å². The van der Waals surface area contributed by atoms with Crippen molar-refractivity contribution in [2.75, 3.05) is 6.61 Å². The van der Waals surface area contributed by atoms with Gasteiger partial charge in [0.2, 0.25) is 5.88 Å². The molecule has 1 aromatic heterocycles. The van der Waals surface area contributed by atoms with Crippen LogP contribution in [0.3, 0.4) is 0 Å². The Morgan fingerprint density at radius 2 is 1.89 bits per heavy atom. The monoisotopic (exact) mass is 279 g/mol. The number of halogens is 1. The molecule has 0 aliphatic rings. The number of pyridine rings is 1. The summed E-state index contributed by atoms with van der Waals surface area (Å²) in [5.74, 6) is 1.02. The summed E-state index contributed by atoms with van der Waals surface area (Å²) in [6, 6.07) is 8.98. The maximum absolute atomic E-state index is 9.11. The molecule has 0 radical (unpaired) electrons. The van der Waals surface area contributed by atoms with Gasteiger partial charge in [0.1, 0.15) is 5.75 Å². The van der Waals surface area contributed by atoms with Gasteiger partial charge in [-0.25, -0.2) is 4.98 Å². The van der Waals surface area contributed by atoms with Crippen LogP contribution >= 0.6 is 11.6 Å². The highest BCUT2D eigenvalue weighted by Gasteiger charge is 2.04. The molecule has 4 nitrogen and oxygen atoms in total. The molecule has 0 aliphatic heterocycles. The van der Waals surface area contributed by atoms with Crippen LogP contribution in [0.1, 0.15) is 11.1 Å². The van der Waals surface area contributed by atoms with Crippen LogP contribution in [0.5, 0.6) is 11.6 Å². The molecule has 0 saturated carbocycles. The molecule has 1 heterocycles. The molecule has 0 bridgehead atoms. The molecule has 2 rings (SSSR count). The van der Waals surface area contributed by atoms with Crippen LogP contribution in [-0.4, -0.2) is 21.8 Å². The molecule has 100 valence electrons. The number of ether oxygens (including phenoxy) is 1. The first-order valence-corrected chi connectivity index (χ1v) is 6.23. The van der Waals surface area contributed by atoms with Crippen molar-refractivity contribution in [3.8, 4) is 11.6 Å². The van der Waals surface area contributed by atoms with Crippen LogP contribution in [-0.2, 0) is 13.0 Å². The van der Waals surface area contributed by atoms with Crippen LogP contribution in [0.2, 0.25) is 5.02 Å². The van der Waals surface area contributed by atoms with E-state index in [-0.39, 0.29) is 13.2 Å². The van der Waals surface area contributed by atoms with Gasteiger partial charge in [0.05, 0.1) is 11.6 Å². The van der Waals surface area contributed by atoms with E-state index < -0.39 is 0 Å². The number of hydrogen-bond donors (Lipinski definition) is 2. The topological polar surface area (TPSA) is 62.6 Å². The van der Waals surface area contributed by atoms with Crippen molar-refractivity contribution in [1.82, 2.24) is 4.98 Å². The minimum absolute atomic E-state index is 0.124. The third kappa shape index (κ3) is 3.67. The van der Waals surface area contributed by atoms with Gasteiger partial charge < -0.3 is 14.9 Å². The molecule has 19 heavy (non-hydrogen) atoms. The summed E-state index contributed by atoms with van der Waals surface area (Å²) in [5.41, 5.74) is 1.61. The quantitative estimate of drug-likeness (QED) is 0.883. The standard InChI is InChI=1S/C14H14ClNO3/c15-13-8-16-14(7-11(13)9-18)19-12-3-1-10(2-4-12)5-6-17/h1-4,7-8,17-18H,5-6,9H2. The number of nitrogens with zero attached hydrogens (tertiary/aromatic N) is 1. The van der Waals surface area contributed by atoms with Gasteiger partial charge in [-0.2, -0.15) is 0 Å². The summed E-state index contributed by atoms with van der Waals surface area (Å²) in [6.07, 6.45) is 2.07. The molecule has 2 N–H and O–H groups in total. The average molecular weight is 280 g/mol. The molecule has 1 aromatic carbocycles. The lowest BCUT2D eigenvalue weighted by molar-refractivity contribution is 0.281. The third-order valence-electron chi connectivity index (χ3n) is 2.63. The Balaban J connectivity index is 2.12. The summed E-state index contributed by atoms with van der Waals surface area (Å²) >= 11 is 5.85. The number of rotatable bonds is 5. The molecule has 0 atom stereocenters. The van der Waals surface area contributed by atoms with E-state index in [1.165, 1.54) is 6.20 Å². The zero-order chi connectivity index (χ0) is 13.7. The van der Waals surface area contributed by atoms with Crippen molar-refractivity contribution in [3.05, 3.63) is 52.7 Å². The van der Waals surface area contributed by atoms with Crippen molar-refractivity contribution in [2.24, 2.45) is 0 Å². The van der Waals surface area contributed by atoms with Crippen molar-refractivity contribution in [3.63, 3.8) is 0 Å². The Labute approximate surface area is 116 Å². The molecule has 0 spiro atoms. The fourth-order valence-corrected chi connectivity index (χ4v) is 1.77. The fraction of sp³-hybridized carbons (Fsp3) is 0.214. The highest BCUT2D eigenvalue weighted by molar-refractivity contribution is 6.31. The zero-order valence-corrected chi connectivity index (χ0v) is 11.0. The normalized spacial score (nSPS) is 10.5. The highest BCUT2D eigenvalue weighted by atomic mass is 35.5. The molecular formula is C14H14ClNO3. The van der Waals surface area contributed by atoms with Crippen LogP contribution in [0.25, 0.3) is 0 Å². The molecule has 0 aliphatic carbocycles. The maximum Gasteiger partial charge on any atom is 0.219 e. The maximum atomic E-state index is 9.11. The Bertz CT molecular complexity index is 543. The first-order valence-electron chi connectivity index (χ1n) is 5.86. The number of hydrogen-bond acceptors (Lipinski definition) is 4. The summed E-state index contributed by atoms with van der Waals surface area (Å²) in [4.78, 5) is 4.04. The zero-order valence-electron chi connectivity index (χ0n) is 10.2. The van der Waals surface area contributed by atoms with E-state index in [0.29, 0.717) is 28.6 Å². The lowest BCUT2D eigenvalue weighted by Gasteiger charge is -2.07. The van der Waals surface area contributed by atoms with Crippen molar-refractivity contribution >= 4 is 11.6 Å². The van der Waals surface area contributed by atoms with Gasteiger partial charge in [0, 0.05) is 24.4 Å². The van der Waals surface area contributed by atoms with Crippen LogP contribution in [0.15, 0.2) is 36.5 Å². The second-order valence-corrected chi connectivity index (χ2v) is 4.40. The largest absolute Gasteiger partial charge is 0.439 e. The molecule has 5 heteroatoms. The van der Waals surface area contributed by atoms with Crippen molar-refractivity contribution in [2.45, 2.75) is 13.0 Å². The van der Waals surface area contributed by atoms with Crippen LogP contribution < -0.4 is 4.74 Å². The highest BCUT2D eigenvalue weighted by Crippen LogP contribution is 2.24. The molecule has 0 amide bonds. The summed E-state index contributed by atoms with van der Waals surface area (Å²) in [7, 11) is 0. The van der Waals surface area contributed by atoms with E-state index >= 15 is 0 Å². The van der Waals surface area contributed by atoms with Gasteiger partial charge >= 0.3 is 0 Å². The molecule has 0 fully saturated rings. The van der Waals surface area contributed by atoms with Gasteiger partial charge in [-0.1, -0.05) is 23.7 Å². The number of aromatic nitrogens is 1. The summed E-state index contributed by atoms with van der Waals surface area (Å²) in [6.45, 7) is -0.0358. The van der Waals surface area contributed by atoms with Gasteiger partial charge in [-0.05, 0) is 24.1 Å². The summed E-state index contributed by atoms with van der Waals surface area (Å²) in [5, 5.41) is 18.4. The van der Waals surface area contributed by atoms with Crippen molar-refractivity contribution < 1.29 is 14.9 Å². The van der Waals surface area contributed by atoms with E-state index in [4.69, 9.17) is 26.6 Å². The molecule has 0 saturated heterocycles. The number of benzene rings is 1. The smallest absolute Gasteiger partial charge is 0.219 e. The molecule has 2 aromatic rings. The van der Waals surface area contributed by atoms with Crippen LogP contribution in [0.4, 0.5) is 0 Å². The predicted octanol–water partition coefficient (Wildman–Crippen LogP) is 2.55. The Hall–Kier alpha value is -1.62. The SMILES string of the molecule is OCCc1ccc(Oc2cc(CO)c(Cl)cn2)cc1. The Morgan fingerprint density at radius 1 is 1.16 bits per heavy atom. The molecular weight excluding hydrogens is 266 g/mol. The van der Waals surface area contributed by atoms with Gasteiger partial charge in [-0.15, -0.1) is 0 Å². The summed E-state index contributed by atoms with van der Waals surface area (Å²) < 4.78 is 5.57. The first-order chi connectivity index (χ1) is 9.22. The minimum Gasteiger partial charge on any atom is -0.439 e. The van der Waals surface area contributed by atoms with Gasteiger partial charge in [0.15, 0.2) is 0 Å². The second kappa shape index (κ2) is 6.52. The third-order valence-corrected chi connectivity index (χ3v) is 2.97. The Morgan fingerprint density at radius 3 is 2.53 bits per heavy atom. The lowest BCUT2D eigenvalue weighted by Crippen LogP contribution is -1.93. The minimum atomic E-state index is -0.160. The van der Waals surface area contributed by atoms with Crippen LogP contribution in [0, 0.1) is 0 Å². The molecule has 0 unspecified atom stereocenters. The van der Waals surface area contributed by atoms with E-state index in [9.17, 15) is 0 Å². The van der Waals surface area contributed by atoms with Gasteiger partial charge in [-0.3, -0.25) is 0 Å². The predicted molar refractivity (Wildman–Crippen MR) is 72.5 cm³/mol. The first kappa shape index (κ1) is 13.8. The second-order valence-electron chi connectivity index (χ2n) is 3.99. The Kier molecular flexibility index (Phi) is 4.74. The number of aliphatic hydroxyl groups excluding tert-OH is 2. The average Bonchev–Trinajstić information content (AvgIpc) is 2.43. The fourth-order valence-electron chi connectivity index (χ4n) is 1.61. The lowest BCUT2D eigenvalue weighted by atomic mass is 10.1. The van der Waals surface area contributed by atoms with Crippen molar-refractivity contribution in [1.29, 1.82) is 0 Å².